The zero-order valence-electron chi connectivity index (χ0n) is 21.7. The van der Waals surface area contributed by atoms with Crippen LogP contribution in [0.2, 0.25) is 0 Å². The van der Waals surface area contributed by atoms with E-state index in [0.717, 1.165) is 48.7 Å². The molecular formula is C25H44N7O+. The first-order valence-corrected chi connectivity index (χ1v) is 12.2. The lowest BCUT2D eigenvalue weighted by molar-refractivity contribution is -0.818. The molecular weight excluding hydrogens is 414 g/mol. The molecule has 2 aliphatic rings. The summed E-state index contributed by atoms with van der Waals surface area (Å²) < 4.78 is 0. The standard InChI is InChI=1S/C21H32N7O.2C2H6/c1-5-7-18(9-6-8-17(2)3)21-23-20-14-22-19(16-27(29)28(20)24-21)15-26-12-10-25(4)11-13-26;2*1-2/h5-7,9,16-17,29H,1,8,10-15H2,2-4H3;2*1-2H3/q+1;;/b9-6-,18-7+;;. The van der Waals surface area contributed by atoms with Crippen LogP contribution in [-0.2, 0) is 6.54 Å². The minimum Gasteiger partial charge on any atom is -0.331 e. The summed E-state index contributed by atoms with van der Waals surface area (Å²) in [4.78, 5) is 16.3. The molecule has 0 saturated carbocycles. The molecule has 33 heavy (non-hydrogen) atoms. The Bertz CT molecular complexity index is 841. The fourth-order valence-corrected chi connectivity index (χ4v) is 3.25. The van der Waals surface area contributed by atoms with Gasteiger partial charge in [0.1, 0.15) is 6.54 Å². The Hall–Kier alpha value is -2.58. The van der Waals surface area contributed by atoms with Crippen molar-refractivity contribution in [3.05, 3.63) is 42.5 Å². The topological polar surface area (TPSA) is 72.8 Å². The lowest BCUT2D eigenvalue weighted by Gasteiger charge is -2.31. The number of hydrogen-bond acceptors (Lipinski definition) is 6. The second-order valence-corrected chi connectivity index (χ2v) is 7.97. The summed E-state index contributed by atoms with van der Waals surface area (Å²) in [7, 11) is 2.14. The van der Waals surface area contributed by atoms with Gasteiger partial charge in [0.25, 0.3) is 0 Å². The van der Waals surface area contributed by atoms with Gasteiger partial charge in [-0.25, -0.2) is 0 Å². The molecule has 1 N–H and O–H groups in total. The van der Waals surface area contributed by atoms with Gasteiger partial charge in [0, 0.05) is 47.9 Å². The molecule has 0 spiro atoms. The maximum Gasteiger partial charge on any atom is 0.302 e. The maximum atomic E-state index is 10.5. The number of likely N-dealkylation sites (N-methyl/N-ethyl adjacent to an activating group) is 1. The molecule has 0 aliphatic carbocycles. The highest BCUT2D eigenvalue weighted by atomic mass is 16.5. The van der Waals surface area contributed by atoms with Crippen molar-refractivity contribution in [1.29, 1.82) is 0 Å². The molecule has 1 aromatic rings. The smallest absolute Gasteiger partial charge is 0.302 e. The van der Waals surface area contributed by atoms with Crippen molar-refractivity contribution in [1.82, 2.24) is 24.7 Å². The summed E-state index contributed by atoms with van der Waals surface area (Å²) in [5.74, 6) is 1.72. The van der Waals surface area contributed by atoms with Crippen molar-refractivity contribution >= 4 is 17.5 Å². The van der Waals surface area contributed by atoms with E-state index in [1.54, 1.807) is 12.3 Å². The maximum absolute atomic E-state index is 10.5. The average molecular weight is 459 g/mol. The number of rotatable bonds is 7. The molecule has 8 nitrogen and oxygen atoms in total. The van der Waals surface area contributed by atoms with E-state index in [2.05, 4.69) is 58.4 Å². The van der Waals surface area contributed by atoms with Gasteiger partial charge in [-0.05, 0) is 25.5 Å². The molecule has 184 valence electrons. The Morgan fingerprint density at radius 1 is 1.18 bits per heavy atom. The second kappa shape index (κ2) is 15.3. The predicted octanol–water partition coefficient (Wildman–Crippen LogP) is 3.94. The number of allylic oxidation sites excluding steroid dienone is 5. The van der Waals surface area contributed by atoms with Crippen LogP contribution in [0.25, 0.3) is 5.57 Å². The van der Waals surface area contributed by atoms with Crippen molar-refractivity contribution in [2.75, 3.05) is 39.8 Å². The van der Waals surface area contributed by atoms with Crippen LogP contribution < -0.4 is 0 Å². The highest BCUT2D eigenvalue weighted by Crippen LogP contribution is 2.15. The molecule has 1 aromatic heterocycles. The molecule has 0 atom stereocenters. The van der Waals surface area contributed by atoms with E-state index in [9.17, 15) is 5.21 Å². The Kier molecular flexibility index (Phi) is 13.2. The molecule has 3 rings (SSSR count). The van der Waals surface area contributed by atoms with E-state index in [1.165, 1.54) is 4.79 Å². The number of hydrogen-bond donors (Lipinski definition) is 1. The number of aromatic nitrogens is 3. The summed E-state index contributed by atoms with van der Waals surface area (Å²) in [5, 5.41) is 15.0. The van der Waals surface area contributed by atoms with Gasteiger partial charge in [0.2, 0.25) is 5.82 Å². The van der Waals surface area contributed by atoms with Crippen LogP contribution in [0, 0.1) is 5.92 Å². The van der Waals surface area contributed by atoms with Crippen molar-refractivity contribution < 1.29 is 10.1 Å². The summed E-state index contributed by atoms with van der Waals surface area (Å²) >= 11 is 0. The van der Waals surface area contributed by atoms with Gasteiger partial charge < -0.3 is 10.1 Å². The van der Waals surface area contributed by atoms with E-state index in [-0.39, 0.29) is 0 Å². The van der Waals surface area contributed by atoms with Crippen LogP contribution in [-0.4, -0.2) is 86.4 Å². The lowest BCUT2D eigenvalue weighted by atomic mass is 10.1. The Balaban J connectivity index is 0.00000129. The summed E-state index contributed by atoms with van der Waals surface area (Å²) in [5.41, 5.74) is 1.68. The molecule has 0 amide bonds. The largest absolute Gasteiger partial charge is 0.331 e. The highest BCUT2D eigenvalue weighted by Gasteiger charge is 2.25. The third-order valence-corrected chi connectivity index (χ3v) is 4.98. The average Bonchev–Trinajstić information content (AvgIpc) is 3.19. The zero-order valence-corrected chi connectivity index (χ0v) is 21.7. The molecule has 0 unspecified atom stereocenters. The third-order valence-electron chi connectivity index (χ3n) is 4.98. The van der Waals surface area contributed by atoms with Gasteiger partial charge in [-0.3, -0.25) is 9.89 Å². The second-order valence-electron chi connectivity index (χ2n) is 7.97. The van der Waals surface area contributed by atoms with Crippen LogP contribution in [0.5, 0.6) is 0 Å². The first-order valence-electron chi connectivity index (χ1n) is 12.2. The van der Waals surface area contributed by atoms with Crippen LogP contribution in [0.15, 0.2) is 35.9 Å². The molecule has 0 bridgehead atoms. The number of fused-ring (bicyclic) bond motifs is 1. The van der Waals surface area contributed by atoms with Gasteiger partial charge >= 0.3 is 5.82 Å². The van der Waals surface area contributed by atoms with E-state index in [0.29, 0.717) is 30.7 Å². The zero-order chi connectivity index (χ0) is 24.8. The molecule has 1 saturated heterocycles. The number of nitrogens with zero attached hydrogens (tertiary/aromatic N) is 7. The van der Waals surface area contributed by atoms with E-state index in [4.69, 9.17) is 0 Å². The van der Waals surface area contributed by atoms with Crippen molar-refractivity contribution in [2.45, 2.75) is 54.5 Å². The van der Waals surface area contributed by atoms with Crippen molar-refractivity contribution in [3.8, 4) is 0 Å². The quantitative estimate of drug-likeness (QED) is 0.381. The van der Waals surface area contributed by atoms with Crippen LogP contribution in [0.3, 0.4) is 0 Å². The molecule has 1 fully saturated rings. The normalized spacial score (nSPS) is 17.3. The van der Waals surface area contributed by atoms with Crippen LogP contribution in [0.4, 0.5) is 0 Å². The van der Waals surface area contributed by atoms with Crippen molar-refractivity contribution in [2.24, 2.45) is 10.9 Å². The Morgan fingerprint density at radius 2 is 1.85 bits per heavy atom. The Morgan fingerprint density at radius 3 is 2.45 bits per heavy atom. The van der Waals surface area contributed by atoms with Gasteiger partial charge in [0.05, 0.1) is 10.8 Å². The minimum atomic E-state index is 0.376. The van der Waals surface area contributed by atoms with Gasteiger partial charge in [-0.2, -0.15) is 4.98 Å². The van der Waals surface area contributed by atoms with Gasteiger partial charge in [-0.15, -0.1) is 0 Å². The molecule has 0 radical (unpaired) electrons. The van der Waals surface area contributed by atoms with Crippen LogP contribution >= 0.6 is 0 Å². The fourth-order valence-electron chi connectivity index (χ4n) is 3.25. The number of aliphatic imine (C=N–C) groups is 1. The van der Waals surface area contributed by atoms with E-state index >= 15 is 0 Å². The van der Waals surface area contributed by atoms with Gasteiger partial charge in [-0.1, -0.05) is 66.3 Å². The highest BCUT2D eigenvalue weighted by molar-refractivity contribution is 6.29. The summed E-state index contributed by atoms with van der Waals surface area (Å²) in [6, 6.07) is 0. The molecule has 8 heteroatoms. The summed E-state index contributed by atoms with van der Waals surface area (Å²) in [6.07, 6.45) is 10.3. The molecule has 0 aromatic carbocycles. The van der Waals surface area contributed by atoms with E-state index in [1.807, 2.05) is 39.8 Å². The van der Waals surface area contributed by atoms with E-state index < -0.39 is 0 Å². The molecule has 3 heterocycles. The molecule has 2 aliphatic heterocycles. The lowest BCUT2D eigenvalue weighted by Crippen LogP contribution is -2.46. The first-order chi connectivity index (χ1) is 16.0. The summed E-state index contributed by atoms with van der Waals surface area (Å²) in [6.45, 7) is 21.3. The first kappa shape index (κ1) is 28.5. The predicted molar refractivity (Wildman–Crippen MR) is 138 cm³/mol. The third kappa shape index (κ3) is 9.06. The monoisotopic (exact) mass is 458 g/mol. The van der Waals surface area contributed by atoms with Crippen molar-refractivity contribution in [3.63, 3.8) is 0 Å². The SMILES string of the molecule is C=C/C=C(\C=C/CC(C)C)c1nc2n(n1)[N+](O)=CC(CN1CCN(C)CC1)=NC2.CC.CC. The number of piperazine rings is 1. The Labute approximate surface area is 200 Å². The van der Waals surface area contributed by atoms with Gasteiger partial charge in [0.15, 0.2) is 6.21 Å². The minimum absolute atomic E-state index is 0.376. The fraction of sp³-hybridized carbons (Fsp3) is 0.600. The van der Waals surface area contributed by atoms with Crippen LogP contribution in [0.1, 0.15) is 59.6 Å².